The van der Waals surface area contributed by atoms with E-state index in [4.69, 9.17) is 0 Å². The third-order valence-electron chi connectivity index (χ3n) is 1.46. The maximum absolute atomic E-state index is 11.1. The van der Waals surface area contributed by atoms with Gasteiger partial charge in [0.2, 0.25) is 5.91 Å². The Bertz CT molecular complexity index is 305. The highest BCUT2D eigenvalue weighted by Gasteiger charge is 1.98. The van der Waals surface area contributed by atoms with E-state index in [-0.39, 0.29) is 5.91 Å². The highest BCUT2D eigenvalue weighted by atomic mass is 127. The summed E-state index contributed by atoms with van der Waals surface area (Å²) < 4.78 is 1.15. The van der Waals surface area contributed by atoms with Crippen molar-refractivity contribution >= 4 is 34.2 Å². The lowest BCUT2D eigenvalue weighted by atomic mass is 10.3. The fourth-order valence-corrected chi connectivity index (χ4v) is 1.24. The summed E-state index contributed by atoms with van der Waals surface area (Å²) in [5.74, 6) is -0.0313. The third-order valence-corrected chi connectivity index (χ3v) is 2.18. The first-order valence-electron chi connectivity index (χ1n) is 3.88. The number of carbonyl (C=O) groups excluding carboxylic acids is 1. The average molecular weight is 287 g/mol. The lowest BCUT2D eigenvalue weighted by Gasteiger charge is -2.02. The molecule has 1 aromatic rings. The molecule has 0 saturated heterocycles. The van der Waals surface area contributed by atoms with Gasteiger partial charge in [0.15, 0.2) is 0 Å². The lowest BCUT2D eigenvalue weighted by molar-refractivity contribution is -0.115. The number of hydrogen-bond acceptors (Lipinski definition) is 1. The van der Waals surface area contributed by atoms with Gasteiger partial charge in [0.25, 0.3) is 0 Å². The number of amides is 1. The average Bonchev–Trinajstić information content (AvgIpc) is 2.09. The zero-order valence-corrected chi connectivity index (χ0v) is 9.24. The minimum Gasteiger partial charge on any atom is -0.326 e. The summed E-state index contributed by atoms with van der Waals surface area (Å²) in [6.07, 6.45) is 1.94. The molecule has 1 N–H and O–H groups in total. The molecule has 0 aromatic heterocycles. The van der Waals surface area contributed by atoms with Crippen LogP contribution in [0.25, 0.3) is 0 Å². The Morgan fingerprint density at radius 1 is 1.46 bits per heavy atom. The van der Waals surface area contributed by atoms with Crippen LogP contribution in [0.5, 0.6) is 0 Å². The zero-order chi connectivity index (χ0) is 9.68. The SMILES string of the molecule is C=CCC(=O)Nc1ccc(I)cc1. The van der Waals surface area contributed by atoms with Crippen LogP contribution in [-0.2, 0) is 4.79 Å². The zero-order valence-electron chi connectivity index (χ0n) is 7.09. The molecule has 1 rings (SSSR count). The number of anilines is 1. The van der Waals surface area contributed by atoms with Crippen LogP contribution in [0.2, 0.25) is 0 Å². The van der Waals surface area contributed by atoms with Gasteiger partial charge in [-0.15, -0.1) is 6.58 Å². The van der Waals surface area contributed by atoms with E-state index in [2.05, 4.69) is 34.5 Å². The van der Waals surface area contributed by atoms with Crippen molar-refractivity contribution < 1.29 is 4.79 Å². The molecule has 2 nitrogen and oxygen atoms in total. The summed E-state index contributed by atoms with van der Waals surface area (Å²) in [5.41, 5.74) is 0.826. The van der Waals surface area contributed by atoms with Gasteiger partial charge in [-0.25, -0.2) is 0 Å². The van der Waals surface area contributed by atoms with Gasteiger partial charge in [0, 0.05) is 15.7 Å². The van der Waals surface area contributed by atoms with Crippen LogP contribution in [0.15, 0.2) is 36.9 Å². The molecule has 0 radical (unpaired) electrons. The topological polar surface area (TPSA) is 29.1 Å². The van der Waals surface area contributed by atoms with Crippen LogP contribution in [0.4, 0.5) is 5.69 Å². The molecule has 1 aromatic carbocycles. The Morgan fingerprint density at radius 2 is 2.08 bits per heavy atom. The lowest BCUT2D eigenvalue weighted by Crippen LogP contribution is -2.09. The van der Waals surface area contributed by atoms with Crippen LogP contribution >= 0.6 is 22.6 Å². The number of hydrogen-bond donors (Lipinski definition) is 1. The standard InChI is InChI=1S/C10H10INO/c1-2-3-10(13)12-9-6-4-8(11)5-7-9/h2,4-7H,1,3H2,(H,12,13). The Labute approximate surface area is 91.2 Å². The van der Waals surface area contributed by atoms with Crippen LogP contribution in [0.1, 0.15) is 6.42 Å². The Kier molecular flexibility index (Phi) is 3.95. The quantitative estimate of drug-likeness (QED) is 0.672. The maximum atomic E-state index is 11.1. The number of carbonyl (C=O) groups is 1. The van der Waals surface area contributed by atoms with Crippen LogP contribution < -0.4 is 5.32 Å². The van der Waals surface area contributed by atoms with E-state index < -0.39 is 0 Å². The second-order valence-corrected chi connectivity index (χ2v) is 3.79. The van der Waals surface area contributed by atoms with Gasteiger partial charge < -0.3 is 5.32 Å². The number of nitrogens with one attached hydrogen (secondary N) is 1. The van der Waals surface area contributed by atoms with Gasteiger partial charge in [-0.05, 0) is 46.9 Å². The van der Waals surface area contributed by atoms with E-state index in [9.17, 15) is 4.79 Å². The first-order chi connectivity index (χ1) is 6.22. The normalized spacial score (nSPS) is 9.31. The predicted octanol–water partition coefficient (Wildman–Crippen LogP) is 2.81. The minimum atomic E-state index is -0.0313. The van der Waals surface area contributed by atoms with Crippen molar-refractivity contribution in [3.05, 3.63) is 40.5 Å². The van der Waals surface area contributed by atoms with E-state index in [1.54, 1.807) is 6.08 Å². The van der Waals surface area contributed by atoms with Crippen LogP contribution in [0.3, 0.4) is 0 Å². The van der Waals surface area contributed by atoms with Crippen molar-refractivity contribution in [3.63, 3.8) is 0 Å². The number of halogens is 1. The van der Waals surface area contributed by atoms with Crippen molar-refractivity contribution in [1.29, 1.82) is 0 Å². The molecule has 1 amide bonds. The molecule has 0 aliphatic rings. The molecule has 0 bridgehead atoms. The summed E-state index contributed by atoms with van der Waals surface area (Å²) >= 11 is 2.22. The highest BCUT2D eigenvalue weighted by Crippen LogP contribution is 2.11. The predicted molar refractivity (Wildman–Crippen MR) is 62.6 cm³/mol. The van der Waals surface area contributed by atoms with Crippen molar-refractivity contribution in [2.75, 3.05) is 5.32 Å². The second-order valence-electron chi connectivity index (χ2n) is 2.55. The van der Waals surface area contributed by atoms with E-state index in [0.29, 0.717) is 6.42 Å². The Hall–Kier alpha value is -0.840. The van der Waals surface area contributed by atoms with Gasteiger partial charge in [-0.3, -0.25) is 4.79 Å². The van der Waals surface area contributed by atoms with Crippen LogP contribution in [-0.4, -0.2) is 5.91 Å². The van der Waals surface area contributed by atoms with Crippen molar-refractivity contribution in [2.45, 2.75) is 6.42 Å². The van der Waals surface area contributed by atoms with E-state index in [1.165, 1.54) is 0 Å². The molecule has 13 heavy (non-hydrogen) atoms. The maximum Gasteiger partial charge on any atom is 0.228 e. The monoisotopic (exact) mass is 287 g/mol. The molecule has 0 atom stereocenters. The summed E-state index contributed by atoms with van der Waals surface area (Å²) in [6.45, 7) is 3.49. The smallest absolute Gasteiger partial charge is 0.228 e. The molecule has 0 aliphatic heterocycles. The van der Waals surface area contributed by atoms with Gasteiger partial charge in [-0.1, -0.05) is 6.08 Å². The van der Waals surface area contributed by atoms with Gasteiger partial charge in [-0.2, -0.15) is 0 Å². The minimum absolute atomic E-state index is 0.0313. The van der Waals surface area contributed by atoms with Gasteiger partial charge in [0.1, 0.15) is 0 Å². The Morgan fingerprint density at radius 3 is 2.62 bits per heavy atom. The highest BCUT2D eigenvalue weighted by molar-refractivity contribution is 14.1. The number of benzene rings is 1. The van der Waals surface area contributed by atoms with Crippen molar-refractivity contribution in [3.8, 4) is 0 Å². The first-order valence-corrected chi connectivity index (χ1v) is 4.96. The van der Waals surface area contributed by atoms with Gasteiger partial charge in [0.05, 0.1) is 0 Å². The molecule has 68 valence electrons. The van der Waals surface area contributed by atoms with E-state index in [1.807, 2.05) is 24.3 Å². The molecular formula is C10H10INO. The first kappa shape index (κ1) is 10.2. The van der Waals surface area contributed by atoms with Crippen molar-refractivity contribution in [2.24, 2.45) is 0 Å². The molecule has 0 fully saturated rings. The molecule has 0 heterocycles. The van der Waals surface area contributed by atoms with E-state index in [0.717, 1.165) is 9.26 Å². The third kappa shape index (κ3) is 3.59. The largest absolute Gasteiger partial charge is 0.326 e. The summed E-state index contributed by atoms with van der Waals surface area (Å²) in [6, 6.07) is 7.65. The summed E-state index contributed by atoms with van der Waals surface area (Å²) in [4.78, 5) is 11.1. The van der Waals surface area contributed by atoms with Crippen molar-refractivity contribution in [1.82, 2.24) is 0 Å². The molecule has 0 unspecified atom stereocenters. The Balaban J connectivity index is 2.59. The molecule has 0 spiro atoms. The summed E-state index contributed by atoms with van der Waals surface area (Å²) in [5, 5.41) is 2.76. The molecule has 3 heteroatoms. The summed E-state index contributed by atoms with van der Waals surface area (Å²) in [7, 11) is 0. The second kappa shape index (κ2) is 5.01. The van der Waals surface area contributed by atoms with E-state index >= 15 is 0 Å². The molecule has 0 saturated carbocycles. The van der Waals surface area contributed by atoms with Gasteiger partial charge >= 0.3 is 0 Å². The number of rotatable bonds is 3. The van der Waals surface area contributed by atoms with Crippen LogP contribution in [0, 0.1) is 3.57 Å². The molecule has 0 aliphatic carbocycles. The fraction of sp³-hybridized carbons (Fsp3) is 0.100. The molecular weight excluding hydrogens is 277 g/mol. The fourth-order valence-electron chi connectivity index (χ4n) is 0.876.